The first-order valence-corrected chi connectivity index (χ1v) is 5.58. The van der Waals surface area contributed by atoms with Crippen LogP contribution in [0.15, 0.2) is 24.3 Å². The molecule has 16 heavy (non-hydrogen) atoms. The van der Waals surface area contributed by atoms with Crippen molar-refractivity contribution in [3.8, 4) is 0 Å². The van der Waals surface area contributed by atoms with Gasteiger partial charge in [-0.3, -0.25) is 0 Å². The molecule has 0 spiro atoms. The lowest BCUT2D eigenvalue weighted by Crippen LogP contribution is -2.37. The van der Waals surface area contributed by atoms with Gasteiger partial charge in [0.1, 0.15) is 5.82 Å². The van der Waals surface area contributed by atoms with Crippen molar-refractivity contribution in [3.05, 3.63) is 35.6 Å². The SMILES string of the molecule is O=C(NCCCl)NCCc1ccccc1F. The highest BCUT2D eigenvalue weighted by molar-refractivity contribution is 6.18. The van der Waals surface area contributed by atoms with Crippen molar-refractivity contribution >= 4 is 17.6 Å². The molecule has 1 aromatic carbocycles. The number of rotatable bonds is 5. The monoisotopic (exact) mass is 244 g/mol. The second-order valence-electron chi connectivity index (χ2n) is 3.21. The number of hydrogen-bond donors (Lipinski definition) is 2. The first kappa shape index (κ1) is 12.8. The van der Waals surface area contributed by atoms with E-state index in [1.54, 1.807) is 18.2 Å². The highest BCUT2D eigenvalue weighted by atomic mass is 35.5. The van der Waals surface area contributed by atoms with Crippen LogP contribution in [0, 0.1) is 5.82 Å². The summed E-state index contributed by atoms with van der Waals surface area (Å²) in [6.45, 7) is 0.822. The summed E-state index contributed by atoms with van der Waals surface area (Å²) in [4.78, 5) is 11.1. The summed E-state index contributed by atoms with van der Waals surface area (Å²) in [5.74, 6) is 0.131. The summed E-state index contributed by atoms with van der Waals surface area (Å²) in [6.07, 6.45) is 0.473. The maximum atomic E-state index is 13.2. The number of benzene rings is 1. The van der Waals surface area contributed by atoms with Crippen molar-refractivity contribution in [2.75, 3.05) is 19.0 Å². The molecule has 3 nitrogen and oxygen atoms in total. The lowest BCUT2D eigenvalue weighted by molar-refractivity contribution is 0.241. The predicted molar refractivity (Wildman–Crippen MR) is 62.2 cm³/mol. The number of carbonyl (C=O) groups excluding carboxylic acids is 1. The third-order valence-electron chi connectivity index (χ3n) is 2.02. The van der Waals surface area contributed by atoms with Gasteiger partial charge in [0.05, 0.1) is 0 Å². The van der Waals surface area contributed by atoms with Gasteiger partial charge in [0.15, 0.2) is 0 Å². The van der Waals surface area contributed by atoms with E-state index in [0.29, 0.717) is 31.0 Å². The van der Waals surface area contributed by atoms with E-state index in [4.69, 9.17) is 11.6 Å². The van der Waals surface area contributed by atoms with Gasteiger partial charge in [-0.2, -0.15) is 0 Å². The molecule has 0 bridgehead atoms. The minimum absolute atomic E-state index is 0.245. The van der Waals surface area contributed by atoms with Gasteiger partial charge in [-0.15, -0.1) is 11.6 Å². The third-order valence-corrected chi connectivity index (χ3v) is 2.21. The molecule has 0 aliphatic carbocycles. The number of nitrogens with one attached hydrogen (secondary N) is 2. The number of amides is 2. The largest absolute Gasteiger partial charge is 0.338 e. The second-order valence-corrected chi connectivity index (χ2v) is 3.59. The summed E-state index contributed by atoms with van der Waals surface area (Å²) < 4.78 is 13.2. The number of alkyl halides is 1. The van der Waals surface area contributed by atoms with Gasteiger partial charge in [-0.1, -0.05) is 18.2 Å². The maximum Gasteiger partial charge on any atom is 0.314 e. The average molecular weight is 245 g/mol. The molecule has 0 aliphatic rings. The fourth-order valence-electron chi connectivity index (χ4n) is 1.24. The minimum Gasteiger partial charge on any atom is -0.338 e. The van der Waals surface area contributed by atoms with E-state index in [1.165, 1.54) is 6.07 Å². The smallest absolute Gasteiger partial charge is 0.314 e. The van der Waals surface area contributed by atoms with E-state index >= 15 is 0 Å². The zero-order valence-electron chi connectivity index (χ0n) is 8.80. The molecule has 5 heteroatoms. The van der Waals surface area contributed by atoms with E-state index in [9.17, 15) is 9.18 Å². The molecule has 88 valence electrons. The van der Waals surface area contributed by atoms with Gasteiger partial charge in [0, 0.05) is 19.0 Å². The van der Waals surface area contributed by atoms with Crippen molar-refractivity contribution in [1.82, 2.24) is 10.6 Å². The maximum absolute atomic E-state index is 13.2. The first-order valence-electron chi connectivity index (χ1n) is 5.05. The Labute approximate surface area is 99.0 Å². The standard InChI is InChI=1S/C11H14ClFN2O/c12-6-8-15-11(16)14-7-5-9-3-1-2-4-10(9)13/h1-4H,5-8H2,(H2,14,15,16). The van der Waals surface area contributed by atoms with Crippen LogP contribution in [0.4, 0.5) is 9.18 Å². The molecule has 0 saturated heterocycles. The molecule has 0 radical (unpaired) electrons. The quantitative estimate of drug-likeness (QED) is 0.764. The Kier molecular flexibility index (Phi) is 5.64. The van der Waals surface area contributed by atoms with E-state index in [1.807, 2.05) is 0 Å². The van der Waals surface area contributed by atoms with Gasteiger partial charge in [-0.05, 0) is 18.1 Å². The predicted octanol–water partition coefficient (Wildman–Crippen LogP) is 1.91. The fourth-order valence-corrected chi connectivity index (χ4v) is 1.33. The van der Waals surface area contributed by atoms with Crippen molar-refractivity contribution in [1.29, 1.82) is 0 Å². The minimum atomic E-state index is -0.281. The molecule has 0 aromatic heterocycles. The third kappa shape index (κ3) is 4.49. The van der Waals surface area contributed by atoms with Gasteiger partial charge < -0.3 is 10.6 Å². The van der Waals surface area contributed by atoms with Gasteiger partial charge in [-0.25, -0.2) is 9.18 Å². The molecule has 0 heterocycles. The highest BCUT2D eigenvalue weighted by Crippen LogP contribution is 2.05. The molecule has 0 fully saturated rings. The molecule has 1 rings (SSSR count). The lowest BCUT2D eigenvalue weighted by atomic mass is 10.1. The summed E-state index contributed by atoms with van der Waals surface area (Å²) in [6, 6.07) is 6.24. The zero-order chi connectivity index (χ0) is 11.8. The normalized spacial score (nSPS) is 9.88. The Balaban J connectivity index is 2.25. The molecule has 2 N–H and O–H groups in total. The van der Waals surface area contributed by atoms with Crippen molar-refractivity contribution in [2.24, 2.45) is 0 Å². The molecule has 2 amide bonds. The zero-order valence-corrected chi connectivity index (χ0v) is 9.56. The van der Waals surface area contributed by atoms with Crippen LogP contribution in [0.25, 0.3) is 0 Å². The molecular formula is C11H14ClFN2O. The van der Waals surface area contributed by atoms with Crippen molar-refractivity contribution in [3.63, 3.8) is 0 Å². The summed E-state index contributed by atoms with van der Waals surface area (Å²) in [7, 11) is 0. The van der Waals surface area contributed by atoms with Crippen LogP contribution in [-0.4, -0.2) is 25.0 Å². The van der Waals surface area contributed by atoms with Crippen molar-refractivity contribution in [2.45, 2.75) is 6.42 Å². The highest BCUT2D eigenvalue weighted by Gasteiger charge is 2.02. The van der Waals surface area contributed by atoms with E-state index < -0.39 is 0 Å². The van der Waals surface area contributed by atoms with E-state index in [2.05, 4.69) is 10.6 Å². The molecule has 0 unspecified atom stereocenters. The van der Waals surface area contributed by atoms with E-state index in [-0.39, 0.29) is 11.8 Å². The number of hydrogen-bond acceptors (Lipinski definition) is 1. The van der Waals surface area contributed by atoms with E-state index in [0.717, 1.165) is 0 Å². The summed E-state index contributed by atoms with van der Waals surface area (Å²) in [5.41, 5.74) is 0.597. The molecule has 0 atom stereocenters. The average Bonchev–Trinajstić information content (AvgIpc) is 2.29. The van der Waals surface area contributed by atoms with Crippen LogP contribution in [0.3, 0.4) is 0 Å². The Bertz CT molecular complexity index is 347. The Morgan fingerprint density at radius 2 is 1.94 bits per heavy atom. The molecule has 0 aliphatic heterocycles. The number of carbonyl (C=O) groups is 1. The fraction of sp³-hybridized carbons (Fsp3) is 0.364. The molecule has 1 aromatic rings. The number of urea groups is 1. The Morgan fingerprint density at radius 3 is 2.62 bits per heavy atom. The topological polar surface area (TPSA) is 41.1 Å². The van der Waals surface area contributed by atoms with Crippen molar-refractivity contribution < 1.29 is 9.18 Å². The van der Waals surface area contributed by atoms with Gasteiger partial charge in [0.2, 0.25) is 0 Å². The van der Waals surface area contributed by atoms with Crippen LogP contribution in [0.5, 0.6) is 0 Å². The Hall–Kier alpha value is -1.29. The molecule has 0 saturated carbocycles. The Morgan fingerprint density at radius 1 is 1.25 bits per heavy atom. The van der Waals surface area contributed by atoms with Crippen LogP contribution in [0.1, 0.15) is 5.56 Å². The summed E-state index contributed by atoms with van der Waals surface area (Å²) in [5, 5.41) is 5.18. The molecular weight excluding hydrogens is 231 g/mol. The van der Waals surface area contributed by atoms with Gasteiger partial charge in [0.25, 0.3) is 0 Å². The summed E-state index contributed by atoms with van der Waals surface area (Å²) >= 11 is 5.40. The van der Waals surface area contributed by atoms with Crippen LogP contribution >= 0.6 is 11.6 Å². The lowest BCUT2D eigenvalue weighted by Gasteiger charge is -2.06. The van der Waals surface area contributed by atoms with Gasteiger partial charge >= 0.3 is 6.03 Å². The second kappa shape index (κ2) is 7.06. The van der Waals surface area contributed by atoms with Crippen LogP contribution in [0.2, 0.25) is 0 Å². The van der Waals surface area contributed by atoms with Crippen LogP contribution < -0.4 is 10.6 Å². The number of halogens is 2. The van der Waals surface area contributed by atoms with Crippen LogP contribution in [-0.2, 0) is 6.42 Å². The first-order chi connectivity index (χ1) is 7.74.